The van der Waals surface area contributed by atoms with Gasteiger partial charge in [0.1, 0.15) is 0 Å². The number of anilines is 1. The fraction of sp³-hybridized carbons (Fsp3) is 0.381. The molecule has 2 aromatic rings. The molecule has 31 heavy (non-hydrogen) atoms. The van der Waals surface area contributed by atoms with Crippen LogP contribution in [-0.2, 0) is 24.8 Å². The molecule has 10 heteroatoms. The second-order valence-corrected chi connectivity index (χ2v) is 11.9. The van der Waals surface area contributed by atoms with E-state index in [1.54, 1.807) is 43.3 Å². The van der Waals surface area contributed by atoms with Crippen LogP contribution in [0.1, 0.15) is 18.4 Å². The van der Waals surface area contributed by atoms with Gasteiger partial charge in [0.15, 0.2) is 0 Å². The average molecular weight is 466 g/mol. The van der Waals surface area contributed by atoms with Crippen LogP contribution in [0.3, 0.4) is 0 Å². The zero-order valence-electron chi connectivity index (χ0n) is 17.8. The number of nitrogens with one attached hydrogen (secondary N) is 1. The van der Waals surface area contributed by atoms with Crippen molar-refractivity contribution in [1.82, 2.24) is 8.61 Å². The lowest BCUT2D eigenvalue weighted by Gasteiger charge is -2.31. The molecule has 1 heterocycles. The van der Waals surface area contributed by atoms with Gasteiger partial charge in [0.05, 0.1) is 15.7 Å². The fourth-order valence-electron chi connectivity index (χ4n) is 3.46. The number of nitrogens with zero attached hydrogens (tertiary/aromatic N) is 2. The molecular weight excluding hydrogens is 438 g/mol. The minimum absolute atomic E-state index is 0.0790. The fourth-order valence-corrected chi connectivity index (χ4v) is 5.93. The smallest absolute Gasteiger partial charge is 0.243 e. The molecule has 0 aliphatic carbocycles. The van der Waals surface area contributed by atoms with Crippen LogP contribution < -0.4 is 5.32 Å². The summed E-state index contributed by atoms with van der Waals surface area (Å²) in [6, 6.07) is 12.7. The first-order valence-electron chi connectivity index (χ1n) is 9.92. The summed E-state index contributed by atoms with van der Waals surface area (Å²) in [5.74, 6) is -0.851. The maximum atomic E-state index is 12.9. The highest BCUT2D eigenvalue weighted by Crippen LogP contribution is 2.26. The third kappa shape index (κ3) is 4.98. The lowest BCUT2D eigenvalue weighted by molar-refractivity contribution is -0.120. The second kappa shape index (κ2) is 9.07. The first-order valence-corrected chi connectivity index (χ1v) is 12.8. The molecule has 8 nitrogen and oxygen atoms in total. The maximum Gasteiger partial charge on any atom is 0.243 e. The lowest BCUT2D eigenvalue weighted by atomic mass is 9.98. The molecule has 1 amide bonds. The zero-order chi connectivity index (χ0) is 22.8. The number of benzene rings is 2. The number of amides is 1. The minimum Gasteiger partial charge on any atom is -0.326 e. The van der Waals surface area contributed by atoms with Crippen LogP contribution >= 0.6 is 0 Å². The van der Waals surface area contributed by atoms with Gasteiger partial charge in [-0.2, -0.15) is 4.31 Å². The van der Waals surface area contributed by atoms with Gasteiger partial charge in [0.25, 0.3) is 0 Å². The standard InChI is InChI=1S/C21H27N3O5S2/c1-16-11-12-19(30(26,27)23(2)3)14-20(16)22-21(25)17-8-7-13-24(15-17)31(28,29)18-9-5-4-6-10-18/h4-6,9-12,14,17H,7-8,13,15H2,1-3H3,(H,22,25)/t17-/m0/s1. The molecule has 1 atom stereocenters. The summed E-state index contributed by atoms with van der Waals surface area (Å²) in [7, 11) is -4.43. The van der Waals surface area contributed by atoms with Gasteiger partial charge < -0.3 is 5.32 Å². The first kappa shape index (κ1) is 23.4. The quantitative estimate of drug-likeness (QED) is 0.705. The Kier molecular flexibility index (Phi) is 6.85. The largest absolute Gasteiger partial charge is 0.326 e. The van der Waals surface area contributed by atoms with Crippen molar-refractivity contribution < 1.29 is 21.6 Å². The number of rotatable bonds is 6. The molecule has 1 aliphatic rings. The molecule has 0 spiro atoms. The molecule has 0 aromatic heterocycles. The van der Waals surface area contributed by atoms with E-state index in [0.29, 0.717) is 25.1 Å². The zero-order valence-corrected chi connectivity index (χ0v) is 19.4. The Balaban J connectivity index is 1.78. The van der Waals surface area contributed by atoms with E-state index in [9.17, 15) is 21.6 Å². The van der Waals surface area contributed by atoms with Gasteiger partial charge in [-0.05, 0) is 49.6 Å². The number of hydrogen-bond donors (Lipinski definition) is 1. The highest BCUT2D eigenvalue weighted by molar-refractivity contribution is 7.89. The van der Waals surface area contributed by atoms with Crippen LogP contribution in [0.25, 0.3) is 0 Å². The van der Waals surface area contributed by atoms with Crippen LogP contribution in [0.15, 0.2) is 58.3 Å². The van der Waals surface area contributed by atoms with Crippen molar-refractivity contribution in [3.05, 3.63) is 54.1 Å². The van der Waals surface area contributed by atoms with Gasteiger partial charge in [-0.1, -0.05) is 24.3 Å². The van der Waals surface area contributed by atoms with Gasteiger partial charge >= 0.3 is 0 Å². The molecule has 3 rings (SSSR count). The number of carbonyl (C=O) groups is 1. The summed E-state index contributed by atoms with van der Waals surface area (Å²) in [5, 5.41) is 2.80. The molecule has 0 radical (unpaired) electrons. The second-order valence-electron chi connectivity index (χ2n) is 7.77. The third-order valence-corrected chi connectivity index (χ3v) is 9.07. The predicted molar refractivity (Wildman–Crippen MR) is 119 cm³/mol. The van der Waals surface area contributed by atoms with Crippen molar-refractivity contribution in [3.8, 4) is 0 Å². The lowest BCUT2D eigenvalue weighted by Crippen LogP contribution is -2.43. The number of carbonyl (C=O) groups excluding carboxylic acids is 1. The Bertz CT molecular complexity index is 1160. The van der Waals surface area contributed by atoms with Crippen molar-refractivity contribution >= 4 is 31.6 Å². The number of piperidine rings is 1. The van der Waals surface area contributed by atoms with E-state index in [0.717, 1.165) is 9.87 Å². The SMILES string of the molecule is Cc1ccc(S(=O)(=O)N(C)C)cc1NC(=O)[C@H]1CCCN(S(=O)(=O)c2ccccc2)C1. The summed E-state index contributed by atoms with van der Waals surface area (Å²) in [4.78, 5) is 13.2. The molecule has 168 valence electrons. The van der Waals surface area contributed by atoms with E-state index in [1.165, 1.54) is 30.5 Å². The van der Waals surface area contributed by atoms with Crippen molar-refractivity contribution in [2.24, 2.45) is 5.92 Å². The van der Waals surface area contributed by atoms with Crippen molar-refractivity contribution in [2.75, 3.05) is 32.5 Å². The third-order valence-electron chi connectivity index (χ3n) is 5.38. The molecule has 2 aromatic carbocycles. The number of aryl methyl sites for hydroxylation is 1. The Morgan fingerprint density at radius 1 is 1.03 bits per heavy atom. The Hall–Kier alpha value is -2.27. The maximum absolute atomic E-state index is 12.9. The van der Waals surface area contributed by atoms with E-state index in [-0.39, 0.29) is 22.2 Å². The summed E-state index contributed by atoms with van der Waals surface area (Å²) >= 11 is 0. The van der Waals surface area contributed by atoms with E-state index in [4.69, 9.17) is 0 Å². The predicted octanol–water partition coefficient (Wildman–Crippen LogP) is 2.28. The minimum atomic E-state index is -3.68. The van der Waals surface area contributed by atoms with Gasteiger partial charge in [0.2, 0.25) is 26.0 Å². The first-order chi connectivity index (χ1) is 14.5. The van der Waals surface area contributed by atoms with Crippen LogP contribution in [-0.4, -0.2) is 58.5 Å². The molecular formula is C21H27N3O5S2. The topological polar surface area (TPSA) is 104 Å². The summed E-state index contributed by atoms with van der Waals surface area (Å²) in [6.07, 6.45) is 1.12. The summed E-state index contributed by atoms with van der Waals surface area (Å²) in [5.41, 5.74) is 1.12. The molecule has 0 bridgehead atoms. The van der Waals surface area contributed by atoms with Crippen molar-refractivity contribution in [2.45, 2.75) is 29.6 Å². The highest BCUT2D eigenvalue weighted by Gasteiger charge is 2.33. The molecule has 1 N–H and O–H groups in total. The Morgan fingerprint density at radius 2 is 1.71 bits per heavy atom. The molecule has 1 saturated heterocycles. The molecule has 1 fully saturated rings. The van der Waals surface area contributed by atoms with E-state index >= 15 is 0 Å². The van der Waals surface area contributed by atoms with Gasteiger partial charge in [-0.3, -0.25) is 4.79 Å². The van der Waals surface area contributed by atoms with Crippen LogP contribution in [0.4, 0.5) is 5.69 Å². The summed E-state index contributed by atoms with van der Waals surface area (Å²) < 4.78 is 53.1. The van der Waals surface area contributed by atoms with E-state index in [1.807, 2.05) is 0 Å². The monoisotopic (exact) mass is 465 g/mol. The Morgan fingerprint density at radius 3 is 2.35 bits per heavy atom. The summed E-state index contributed by atoms with van der Waals surface area (Å²) in [6.45, 7) is 2.21. The average Bonchev–Trinajstić information content (AvgIpc) is 2.75. The van der Waals surface area contributed by atoms with Gasteiger partial charge in [-0.15, -0.1) is 0 Å². The van der Waals surface area contributed by atoms with Crippen molar-refractivity contribution in [3.63, 3.8) is 0 Å². The Labute approximate surface area is 184 Å². The molecule has 1 aliphatic heterocycles. The van der Waals surface area contributed by atoms with Crippen LogP contribution in [0, 0.1) is 12.8 Å². The van der Waals surface area contributed by atoms with Crippen molar-refractivity contribution in [1.29, 1.82) is 0 Å². The number of hydrogen-bond acceptors (Lipinski definition) is 5. The normalized spacial score (nSPS) is 18.1. The van der Waals surface area contributed by atoms with Crippen LogP contribution in [0.2, 0.25) is 0 Å². The van der Waals surface area contributed by atoms with Gasteiger partial charge in [-0.25, -0.2) is 21.1 Å². The van der Waals surface area contributed by atoms with E-state index in [2.05, 4.69) is 5.32 Å². The molecule has 0 unspecified atom stereocenters. The molecule has 0 saturated carbocycles. The number of sulfonamides is 2. The van der Waals surface area contributed by atoms with Gasteiger partial charge in [0, 0.05) is 32.9 Å². The van der Waals surface area contributed by atoms with Crippen LogP contribution in [0.5, 0.6) is 0 Å². The van der Waals surface area contributed by atoms with E-state index < -0.39 is 26.0 Å². The highest BCUT2D eigenvalue weighted by atomic mass is 32.2.